The number of imide groups is 2. The Morgan fingerprint density at radius 1 is 0.792 bits per heavy atom. The van der Waals surface area contributed by atoms with Crippen LogP contribution in [0.25, 0.3) is 0 Å². The summed E-state index contributed by atoms with van der Waals surface area (Å²) in [5.41, 5.74) is 0. The van der Waals surface area contributed by atoms with E-state index in [0.717, 1.165) is 13.8 Å². The average molecular weight is 380 g/mol. The number of hydrogen-bond donors (Lipinski definition) is 0. The molecular formula is C10H8N2O10S2. The van der Waals surface area contributed by atoms with Gasteiger partial charge in [-0.1, -0.05) is 0 Å². The average Bonchev–Trinajstić information content (AvgIpc) is 2.32. The van der Waals surface area contributed by atoms with Crippen LogP contribution < -0.4 is 0 Å². The second-order valence-electron chi connectivity index (χ2n) is 4.41. The Balaban J connectivity index is 2.46. The van der Waals surface area contributed by atoms with Crippen LogP contribution in [-0.4, -0.2) is 49.1 Å². The minimum absolute atomic E-state index is 0.375. The largest absolute Gasteiger partial charge is 0.419 e. The van der Waals surface area contributed by atoms with Gasteiger partial charge in [0.2, 0.25) is 0 Å². The van der Waals surface area contributed by atoms with Gasteiger partial charge >= 0.3 is 32.4 Å². The van der Waals surface area contributed by atoms with Crippen molar-refractivity contribution in [2.75, 3.05) is 0 Å². The highest BCUT2D eigenvalue weighted by Gasteiger charge is 2.48. The molecule has 0 aromatic heterocycles. The Morgan fingerprint density at radius 3 is 1.33 bits per heavy atom. The Labute approximate surface area is 135 Å². The zero-order chi connectivity index (χ0) is 18.4. The van der Waals surface area contributed by atoms with E-state index in [4.69, 9.17) is 0 Å². The van der Waals surface area contributed by atoms with E-state index >= 15 is 0 Å². The van der Waals surface area contributed by atoms with Crippen LogP contribution in [0, 0.1) is 0 Å². The van der Waals surface area contributed by atoms with Crippen molar-refractivity contribution in [2.45, 2.75) is 13.8 Å². The first-order chi connectivity index (χ1) is 10.9. The first kappa shape index (κ1) is 17.6. The molecule has 2 aliphatic rings. The van der Waals surface area contributed by atoms with Crippen molar-refractivity contribution >= 4 is 44.2 Å². The molecule has 12 nitrogen and oxygen atoms in total. The van der Waals surface area contributed by atoms with Gasteiger partial charge in [0.25, 0.3) is 11.8 Å². The maximum atomic E-state index is 12.0. The number of rotatable bonds is 0. The predicted octanol–water partition coefficient (Wildman–Crippen LogP) is -1.95. The molecule has 0 aromatic rings. The molecule has 0 saturated carbocycles. The third kappa shape index (κ3) is 2.88. The summed E-state index contributed by atoms with van der Waals surface area (Å²) in [4.78, 5) is 47.3. The van der Waals surface area contributed by atoms with Crippen LogP contribution in [0.15, 0.2) is 23.7 Å². The van der Waals surface area contributed by atoms with Crippen molar-refractivity contribution < 1.29 is 44.4 Å². The molecule has 2 aliphatic heterocycles. The molecule has 0 atom stereocenters. The van der Waals surface area contributed by atoms with E-state index in [2.05, 4.69) is 8.37 Å². The number of hydrogen-bond acceptors (Lipinski definition) is 10. The fourth-order valence-electron chi connectivity index (χ4n) is 1.72. The van der Waals surface area contributed by atoms with Gasteiger partial charge in [-0.05, 0) is 13.8 Å². The zero-order valence-electron chi connectivity index (χ0n) is 11.9. The van der Waals surface area contributed by atoms with Crippen molar-refractivity contribution in [3.8, 4) is 0 Å². The van der Waals surface area contributed by atoms with Gasteiger partial charge < -0.3 is 8.37 Å². The quantitative estimate of drug-likeness (QED) is 0.432. The maximum absolute atomic E-state index is 12.0. The van der Waals surface area contributed by atoms with E-state index in [-0.39, 0.29) is 11.5 Å². The molecule has 0 aromatic carbocycles. The van der Waals surface area contributed by atoms with Crippen LogP contribution in [0.5, 0.6) is 0 Å². The Bertz CT molecular complexity index is 862. The smallest absolute Gasteiger partial charge is 0.371 e. The SMILES string of the molecule is CC1=CC(=O)N(C(=O)C(=O)N2C(=O)C=C(C)OS2(=O)=O)S(=O)(=O)O1. The second-order valence-corrected chi connectivity index (χ2v) is 7.18. The summed E-state index contributed by atoms with van der Waals surface area (Å²) < 4.78 is 54.2. The second kappa shape index (κ2) is 5.41. The normalized spacial score (nSPS) is 22.1. The van der Waals surface area contributed by atoms with Crippen molar-refractivity contribution in [2.24, 2.45) is 0 Å². The van der Waals surface area contributed by atoms with Gasteiger partial charge in [0.15, 0.2) is 0 Å². The minimum atomic E-state index is -5.01. The molecule has 0 N–H and O–H groups in total. The van der Waals surface area contributed by atoms with Crippen molar-refractivity contribution in [3.63, 3.8) is 0 Å². The summed E-state index contributed by atoms with van der Waals surface area (Å²) in [6.45, 7) is 2.19. The minimum Gasteiger partial charge on any atom is -0.371 e. The van der Waals surface area contributed by atoms with Gasteiger partial charge in [-0.2, -0.15) is 16.8 Å². The lowest BCUT2D eigenvalue weighted by atomic mass is 10.4. The molecule has 0 unspecified atom stereocenters. The van der Waals surface area contributed by atoms with Gasteiger partial charge in [-0.15, -0.1) is 8.61 Å². The van der Waals surface area contributed by atoms with Crippen molar-refractivity contribution in [1.29, 1.82) is 0 Å². The van der Waals surface area contributed by atoms with Crippen molar-refractivity contribution in [3.05, 3.63) is 23.7 Å². The molecule has 4 amide bonds. The van der Waals surface area contributed by atoms with Gasteiger partial charge in [-0.3, -0.25) is 19.2 Å². The van der Waals surface area contributed by atoms with Gasteiger partial charge in [0, 0.05) is 12.2 Å². The lowest BCUT2D eigenvalue weighted by molar-refractivity contribution is -0.152. The Hall–Kier alpha value is -2.74. The van der Waals surface area contributed by atoms with Crippen LogP contribution in [0.2, 0.25) is 0 Å². The molecule has 130 valence electrons. The first-order valence-electron chi connectivity index (χ1n) is 5.89. The number of allylic oxidation sites excluding steroid dienone is 2. The summed E-state index contributed by atoms with van der Waals surface area (Å²) in [6, 6.07) is 0. The van der Waals surface area contributed by atoms with E-state index in [9.17, 15) is 36.0 Å². The number of nitrogens with zero attached hydrogens (tertiary/aromatic N) is 2. The summed E-state index contributed by atoms with van der Waals surface area (Å²) in [7, 11) is -10.0. The van der Waals surface area contributed by atoms with E-state index < -0.39 is 52.8 Å². The van der Waals surface area contributed by atoms with Crippen LogP contribution in [0.1, 0.15) is 13.8 Å². The zero-order valence-corrected chi connectivity index (χ0v) is 13.6. The standard InChI is InChI=1S/C10H8N2O10S2/c1-5-3-7(13)11(23(17,18)21-5)9(15)10(16)12-8(14)4-6(2)22-24(12,19)20/h3-4H,1-2H3. The predicted molar refractivity (Wildman–Crippen MR) is 71.2 cm³/mol. The van der Waals surface area contributed by atoms with E-state index in [1.54, 1.807) is 0 Å². The topological polar surface area (TPSA) is 161 Å². The highest BCUT2D eigenvalue weighted by molar-refractivity contribution is 7.86. The molecule has 0 saturated heterocycles. The number of amides is 4. The molecule has 14 heteroatoms. The van der Waals surface area contributed by atoms with E-state index in [1.807, 2.05) is 0 Å². The lowest BCUT2D eigenvalue weighted by Crippen LogP contribution is -2.54. The molecule has 0 fully saturated rings. The molecule has 0 aliphatic carbocycles. The van der Waals surface area contributed by atoms with Gasteiger partial charge in [-0.25, -0.2) is 0 Å². The molecule has 0 spiro atoms. The first-order valence-corrected chi connectivity index (χ1v) is 8.62. The summed E-state index contributed by atoms with van der Waals surface area (Å²) in [5.74, 6) is -7.94. The van der Waals surface area contributed by atoms with Crippen LogP contribution in [0.3, 0.4) is 0 Å². The van der Waals surface area contributed by atoms with E-state index in [1.165, 1.54) is 0 Å². The lowest BCUT2D eigenvalue weighted by Gasteiger charge is -2.26. The summed E-state index contributed by atoms with van der Waals surface area (Å²) >= 11 is 0. The fraction of sp³-hybridized carbons (Fsp3) is 0.200. The van der Waals surface area contributed by atoms with Gasteiger partial charge in [0.05, 0.1) is 0 Å². The van der Waals surface area contributed by atoms with E-state index in [0.29, 0.717) is 12.2 Å². The van der Waals surface area contributed by atoms with Gasteiger partial charge in [0.1, 0.15) is 11.5 Å². The molecular weight excluding hydrogens is 372 g/mol. The number of carbonyl (C=O) groups excluding carboxylic acids is 4. The highest BCUT2D eigenvalue weighted by Crippen LogP contribution is 2.21. The molecule has 2 heterocycles. The Kier molecular flexibility index (Phi) is 3.97. The number of carbonyl (C=O) groups is 4. The summed E-state index contributed by atoms with van der Waals surface area (Å²) in [6.07, 6.45) is 1.17. The summed E-state index contributed by atoms with van der Waals surface area (Å²) in [5, 5.41) is 0. The Morgan fingerprint density at radius 2 is 1.08 bits per heavy atom. The highest BCUT2D eigenvalue weighted by atomic mass is 32.2. The van der Waals surface area contributed by atoms with Crippen molar-refractivity contribution in [1.82, 2.24) is 8.61 Å². The molecule has 2 rings (SSSR count). The maximum Gasteiger partial charge on any atom is 0.419 e. The molecule has 0 bridgehead atoms. The third-order valence-corrected chi connectivity index (χ3v) is 5.06. The van der Waals surface area contributed by atoms with Crippen LogP contribution in [-0.2, 0) is 48.2 Å². The van der Waals surface area contributed by atoms with Crippen LogP contribution in [0.4, 0.5) is 0 Å². The monoisotopic (exact) mass is 380 g/mol. The molecule has 24 heavy (non-hydrogen) atoms. The third-order valence-electron chi connectivity index (χ3n) is 2.53. The fourth-order valence-corrected chi connectivity index (χ4v) is 3.74. The molecule has 0 radical (unpaired) electrons. The van der Waals surface area contributed by atoms with Crippen LogP contribution >= 0.6 is 0 Å².